The Labute approximate surface area is 281 Å². The molecule has 1 aliphatic carbocycles. The van der Waals surface area contributed by atoms with Gasteiger partial charge in [-0.3, -0.25) is 5.32 Å². The van der Waals surface area contributed by atoms with Gasteiger partial charge >= 0.3 is 0 Å². The molecule has 6 aromatic carbocycles. The zero-order valence-electron chi connectivity index (χ0n) is 25.8. The highest BCUT2D eigenvalue weighted by Gasteiger charge is 2.23. The molecule has 0 bridgehead atoms. The van der Waals surface area contributed by atoms with Crippen molar-refractivity contribution in [2.45, 2.75) is 17.8 Å². The van der Waals surface area contributed by atoms with Crippen molar-refractivity contribution in [3.63, 3.8) is 0 Å². The summed E-state index contributed by atoms with van der Waals surface area (Å²) in [6, 6.07) is 53.1. The molecule has 0 aliphatic heterocycles. The van der Waals surface area contributed by atoms with Gasteiger partial charge in [0, 0.05) is 22.7 Å². The van der Waals surface area contributed by atoms with E-state index in [-0.39, 0.29) is 11.4 Å². The van der Waals surface area contributed by atoms with Gasteiger partial charge < -0.3 is 0 Å². The second-order valence-corrected chi connectivity index (χ2v) is 12.4. The lowest BCUT2D eigenvalue weighted by atomic mass is 9.87. The summed E-state index contributed by atoms with van der Waals surface area (Å²) in [4.78, 5) is 10.4. The van der Waals surface area contributed by atoms with Gasteiger partial charge in [-0.25, -0.2) is 9.97 Å². The minimum atomic E-state index is -0.0682. The molecule has 2 atom stereocenters. The largest absolute Gasteiger partial charge is 0.295 e. The molecule has 1 aliphatic rings. The molecule has 1 heterocycles. The first-order valence-electron chi connectivity index (χ1n) is 16.0. The molecule has 4 heteroatoms. The first-order valence-corrected chi connectivity index (χ1v) is 16.5. The molecule has 0 amide bonds. The van der Waals surface area contributed by atoms with Crippen LogP contribution in [0, 0.1) is 0 Å². The summed E-state index contributed by atoms with van der Waals surface area (Å²) in [6.45, 7) is 0. The highest BCUT2D eigenvalue weighted by molar-refractivity contribution is 7.80. The van der Waals surface area contributed by atoms with Crippen LogP contribution < -0.4 is 5.32 Å². The number of benzene rings is 6. The molecule has 47 heavy (non-hydrogen) atoms. The Hall–Kier alpha value is -5.29. The van der Waals surface area contributed by atoms with Crippen molar-refractivity contribution in [1.82, 2.24) is 15.3 Å². The maximum Gasteiger partial charge on any atom is 0.160 e. The zero-order chi connectivity index (χ0) is 31.6. The van der Waals surface area contributed by atoms with Crippen molar-refractivity contribution in [3.8, 4) is 45.0 Å². The Morgan fingerprint density at radius 3 is 2.02 bits per heavy atom. The topological polar surface area (TPSA) is 37.8 Å². The summed E-state index contributed by atoms with van der Waals surface area (Å²) >= 11 is 4.94. The molecule has 1 N–H and O–H groups in total. The summed E-state index contributed by atoms with van der Waals surface area (Å²) in [5, 5.41) is 6.12. The van der Waals surface area contributed by atoms with Crippen molar-refractivity contribution in [1.29, 1.82) is 0 Å². The molecule has 2 unspecified atom stereocenters. The van der Waals surface area contributed by atoms with E-state index in [1.165, 1.54) is 21.9 Å². The van der Waals surface area contributed by atoms with Crippen molar-refractivity contribution in [3.05, 3.63) is 174 Å². The molecule has 3 nitrogen and oxygen atoms in total. The predicted molar refractivity (Wildman–Crippen MR) is 199 cm³/mol. The van der Waals surface area contributed by atoms with Crippen LogP contribution in [0.15, 0.2) is 158 Å². The van der Waals surface area contributed by atoms with Gasteiger partial charge in [0.25, 0.3) is 0 Å². The predicted octanol–water partition coefficient (Wildman–Crippen LogP) is 11.0. The van der Waals surface area contributed by atoms with E-state index in [1.807, 2.05) is 18.2 Å². The molecular weight excluding hydrogens is 591 g/mol. The third-order valence-corrected chi connectivity index (χ3v) is 9.38. The van der Waals surface area contributed by atoms with E-state index in [0.717, 1.165) is 51.2 Å². The van der Waals surface area contributed by atoms with E-state index in [1.54, 1.807) is 0 Å². The van der Waals surface area contributed by atoms with Crippen LogP contribution in [-0.2, 0) is 0 Å². The molecule has 0 radical (unpaired) electrons. The van der Waals surface area contributed by atoms with E-state index in [9.17, 15) is 0 Å². The summed E-state index contributed by atoms with van der Waals surface area (Å²) in [6.07, 6.45) is 5.40. The molecule has 1 aromatic heterocycles. The molecule has 0 saturated heterocycles. The van der Waals surface area contributed by atoms with Gasteiger partial charge in [0.15, 0.2) is 5.82 Å². The zero-order valence-corrected chi connectivity index (χ0v) is 26.7. The second kappa shape index (κ2) is 12.8. The van der Waals surface area contributed by atoms with Crippen LogP contribution in [0.25, 0.3) is 61.9 Å². The molecule has 8 rings (SSSR count). The summed E-state index contributed by atoms with van der Waals surface area (Å²) in [5.74, 6) is 0.706. The van der Waals surface area contributed by atoms with E-state index in [0.29, 0.717) is 5.82 Å². The quantitative estimate of drug-likeness (QED) is 0.137. The van der Waals surface area contributed by atoms with Crippen molar-refractivity contribution >= 4 is 29.5 Å². The van der Waals surface area contributed by atoms with Crippen molar-refractivity contribution in [2.24, 2.45) is 0 Å². The first kappa shape index (κ1) is 29.1. The standard InChI is InChI=1S/C43H33N3S/c47-43(32-17-8-3-9-18-32)46-38-22-12-19-31-23-24-33-27-34(25-26-36(33)41(31)38)42-44-39(30-15-6-2-7-16-30)28-40(45-42)37-21-11-10-20-35(37)29-13-4-1-5-14-29/h1-21,23-28,38,43,46-47H,22H2. The molecule has 0 spiro atoms. The van der Waals surface area contributed by atoms with Crippen LogP contribution >= 0.6 is 12.6 Å². The normalized spacial score (nSPS) is 14.5. The fraction of sp³-hybridized carbons (Fsp3) is 0.0698. The average Bonchev–Trinajstić information content (AvgIpc) is 3.15. The van der Waals surface area contributed by atoms with Crippen LogP contribution in [0.4, 0.5) is 0 Å². The summed E-state index contributed by atoms with van der Waals surface area (Å²) in [5.41, 5.74) is 10.9. The van der Waals surface area contributed by atoms with E-state index < -0.39 is 0 Å². The molecule has 0 saturated carbocycles. The summed E-state index contributed by atoms with van der Waals surface area (Å²) < 4.78 is 0. The lowest BCUT2D eigenvalue weighted by Gasteiger charge is -2.28. The van der Waals surface area contributed by atoms with Crippen LogP contribution in [0.3, 0.4) is 0 Å². The number of rotatable bonds is 7. The molecule has 0 fully saturated rings. The van der Waals surface area contributed by atoms with E-state index >= 15 is 0 Å². The minimum Gasteiger partial charge on any atom is -0.295 e. The maximum absolute atomic E-state index is 5.22. The number of fused-ring (bicyclic) bond motifs is 3. The average molecular weight is 624 g/mol. The van der Waals surface area contributed by atoms with Gasteiger partial charge in [0.2, 0.25) is 0 Å². The number of nitrogens with one attached hydrogen (secondary N) is 1. The SMILES string of the molecule is SC(NC1CC=Cc2ccc3cc(-c4nc(-c5ccccc5)cc(-c5ccccc5-c5ccccc5)n4)ccc3c21)c1ccccc1. The van der Waals surface area contributed by atoms with Crippen molar-refractivity contribution in [2.75, 3.05) is 0 Å². The maximum atomic E-state index is 5.22. The minimum absolute atomic E-state index is 0.0682. The Kier molecular flexibility index (Phi) is 7.96. The van der Waals surface area contributed by atoms with Crippen LogP contribution in [0.1, 0.15) is 34.5 Å². The Morgan fingerprint density at radius 1 is 0.596 bits per heavy atom. The number of aromatic nitrogens is 2. The highest BCUT2D eigenvalue weighted by Crippen LogP contribution is 2.39. The fourth-order valence-corrected chi connectivity index (χ4v) is 6.97. The Balaban J connectivity index is 1.23. The number of hydrogen-bond donors (Lipinski definition) is 2. The Bertz CT molecular complexity index is 2210. The number of nitrogens with zero attached hydrogens (tertiary/aromatic N) is 2. The van der Waals surface area contributed by atoms with Gasteiger partial charge in [0.05, 0.1) is 16.8 Å². The lowest BCUT2D eigenvalue weighted by Crippen LogP contribution is -2.25. The van der Waals surface area contributed by atoms with Gasteiger partial charge in [-0.15, -0.1) is 0 Å². The second-order valence-electron chi connectivity index (χ2n) is 11.9. The van der Waals surface area contributed by atoms with Crippen LogP contribution in [0.2, 0.25) is 0 Å². The lowest BCUT2D eigenvalue weighted by molar-refractivity contribution is 0.532. The monoisotopic (exact) mass is 623 g/mol. The van der Waals surface area contributed by atoms with E-state index in [4.69, 9.17) is 22.6 Å². The van der Waals surface area contributed by atoms with Gasteiger partial charge in [-0.05, 0) is 57.1 Å². The molecule has 7 aromatic rings. The van der Waals surface area contributed by atoms with Gasteiger partial charge in [0.1, 0.15) is 0 Å². The smallest absolute Gasteiger partial charge is 0.160 e. The molecular formula is C43H33N3S. The van der Waals surface area contributed by atoms with Crippen LogP contribution in [0.5, 0.6) is 0 Å². The van der Waals surface area contributed by atoms with Gasteiger partial charge in [-0.1, -0.05) is 152 Å². The van der Waals surface area contributed by atoms with Gasteiger partial charge in [-0.2, -0.15) is 12.6 Å². The number of hydrogen-bond acceptors (Lipinski definition) is 4. The fourth-order valence-electron chi connectivity index (χ4n) is 6.61. The third kappa shape index (κ3) is 5.90. The highest BCUT2D eigenvalue weighted by atomic mass is 32.1. The summed E-state index contributed by atoms with van der Waals surface area (Å²) in [7, 11) is 0. The third-order valence-electron chi connectivity index (χ3n) is 8.93. The Morgan fingerprint density at radius 2 is 1.26 bits per heavy atom. The van der Waals surface area contributed by atoms with Crippen LogP contribution in [-0.4, -0.2) is 9.97 Å². The molecule has 226 valence electrons. The first-order chi connectivity index (χ1) is 23.2. The van der Waals surface area contributed by atoms with E-state index in [2.05, 4.69) is 151 Å². The van der Waals surface area contributed by atoms with Crippen molar-refractivity contribution < 1.29 is 0 Å². The number of thiol groups is 1.